The lowest BCUT2D eigenvalue weighted by molar-refractivity contribution is 0.0687. The summed E-state index contributed by atoms with van der Waals surface area (Å²) >= 11 is 0. The smallest absolute Gasteiger partial charge is 0.254 e. The lowest BCUT2D eigenvalue weighted by atomic mass is 9.95. The molecule has 0 radical (unpaired) electrons. The Hall–Kier alpha value is -2.95. The molecule has 3 rings (SSSR count). The van der Waals surface area contributed by atoms with Crippen LogP contribution >= 0.6 is 0 Å². The first-order valence-corrected chi connectivity index (χ1v) is 8.35. The summed E-state index contributed by atoms with van der Waals surface area (Å²) in [5.74, 6) is 0.254. The highest BCUT2D eigenvalue weighted by Crippen LogP contribution is 2.28. The summed E-state index contributed by atoms with van der Waals surface area (Å²) in [6, 6.07) is 13.3. The average molecular weight is 334 g/mol. The molecular weight excluding hydrogens is 312 g/mol. The maximum Gasteiger partial charge on any atom is 0.254 e. The monoisotopic (exact) mass is 334 g/mol. The zero-order chi connectivity index (χ0) is 17.8. The fourth-order valence-electron chi connectivity index (χ4n) is 3.14. The van der Waals surface area contributed by atoms with Gasteiger partial charge in [-0.1, -0.05) is 26.0 Å². The summed E-state index contributed by atoms with van der Waals surface area (Å²) < 4.78 is 1.75. The van der Waals surface area contributed by atoms with E-state index in [4.69, 9.17) is 0 Å². The molecule has 0 fully saturated rings. The summed E-state index contributed by atoms with van der Waals surface area (Å²) in [4.78, 5) is 19.1. The first-order valence-electron chi connectivity index (χ1n) is 8.35. The number of nitrogens with zero attached hydrogens (tertiary/aromatic N) is 4. The van der Waals surface area contributed by atoms with Crippen molar-refractivity contribution >= 4 is 5.91 Å². The SMILES string of the molecule is CC(C)[C@H](c1cccnc1)N(C)C(=O)c1cccc(-n2cccn2)c1. The van der Waals surface area contributed by atoms with Crippen LogP contribution in [0.3, 0.4) is 0 Å². The van der Waals surface area contributed by atoms with Crippen molar-refractivity contribution < 1.29 is 4.79 Å². The van der Waals surface area contributed by atoms with E-state index in [2.05, 4.69) is 23.9 Å². The molecule has 1 atom stereocenters. The molecule has 1 amide bonds. The van der Waals surface area contributed by atoms with E-state index in [1.807, 2.05) is 61.9 Å². The van der Waals surface area contributed by atoms with Gasteiger partial charge in [0.1, 0.15) is 0 Å². The van der Waals surface area contributed by atoms with Crippen molar-refractivity contribution in [3.05, 3.63) is 78.4 Å². The van der Waals surface area contributed by atoms with E-state index >= 15 is 0 Å². The Morgan fingerprint density at radius 2 is 1.96 bits per heavy atom. The van der Waals surface area contributed by atoms with E-state index in [0.717, 1.165) is 11.3 Å². The van der Waals surface area contributed by atoms with Gasteiger partial charge >= 0.3 is 0 Å². The molecule has 5 nitrogen and oxygen atoms in total. The van der Waals surface area contributed by atoms with Crippen LogP contribution in [0.2, 0.25) is 0 Å². The lowest BCUT2D eigenvalue weighted by Crippen LogP contribution is -2.34. The van der Waals surface area contributed by atoms with Crippen LogP contribution in [-0.4, -0.2) is 32.6 Å². The Labute approximate surface area is 147 Å². The van der Waals surface area contributed by atoms with Gasteiger partial charge in [0.2, 0.25) is 0 Å². The highest BCUT2D eigenvalue weighted by atomic mass is 16.2. The highest BCUT2D eigenvalue weighted by Gasteiger charge is 2.25. The number of carbonyl (C=O) groups excluding carboxylic acids is 1. The average Bonchev–Trinajstić information content (AvgIpc) is 3.16. The summed E-state index contributed by atoms with van der Waals surface area (Å²) in [7, 11) is 1.85. The van der Waals surface area contributed by atoms with Gasteiger partial charge in [-0.15, -0.1) is 0 Å². The molecular formula is C20H22N4O. The van der Waals surface area contributed by atoms with E-state index in [0.29, 0.717) is 5.56 Å². The zero-order valence-electron chi connectivity index (χ0n) is 14.7. The largest absolute Gasteiger partial charge is 0.334 e. The number of rotatable bonds is 5. The number of aromatic nitrogens is 3. The van der Waals surface area contributed by atoms with Gasteiger partial charge in [0.25, 0.3) is 5.91 Å². The Bertz CT molecular complexity index is 828. The maximum absolute atomic E-state index is 13.1. The number of pyridine rings is 1. The van der Waals surface area contributed by atoms with Crippen molar-refractivity contribution in [2.75, 3.05) is 7.05 Å². The van der Waals surface area contributed by atoms with E-state index in [1.54, 1.807) is 22.0 Å². The third kappa shape index (κ3) is 3.60. The number of carbonyl (C=O) groups is 1. The van der Waals surface area contributed by atoms with Crippen molar-refractivity contribution in [1.29, 1.82) is 0 Å². The summed E-state index contributed by atoms with van der Waals surface area (Å²) in [6.07, 6.45) is 7.16. The second kappa shape index (κ2) is 7.30. The molecule has 0 saturated heterocycles. The number of benzene rings is 1. The third-order valence-corrected chi connectivity index (χ3v) is 4.26. The third-order valence-electron chi connectivity index (χ3n) is 4.26. The molecule has 0 spiro atoms. The van der Waals surface area contributed by atoms with Crippen molar-refractivity contribution in [2.24, 2.45) is 5.92 Å². The molecule has 0 bridgehead atoms. The van der Waals surface area contributed by atoms with Gasteiger partial charge in [0, 0.05) is 37.4 Å². The van der Waals surface area contributed by atoms with Crippen molar-refractivity contribution in [2.45, 2.75) is 19.9 Å². The Kier molecular flexibility index (Phi) is 4.93. The topological polar surface area (TPSA) is 51.0 Å². The Balaban J connectivity index is 1.90. The molecule has 2 aromatic heterocycles. The van der Waals surface area contributed by atoms with Crippen LogP contribution in [0.15, 0.2) is 67.3 Å². The second-order valence-electron chi connectivity index (χ2n) is 6.39. The fraction of sp³-hybridized carbons (Fsp3) is 0.250. The first-order chi connectivity index (χ1) is 12.1. The fourth-order valence-corrected chi connectivity index (χ4v) is 3.14. The normalized spacial score (nSPS) is 12.2. The molecule has 0 aliphatic carbocycles. The van der Waals surface area contributed by atoms with Gasteiger partial charge in [-0.3, -0.25) is 9.78 Å². The summed E-state index contributed by atoms with van der Waals surface area (Å²) in [6.45, 7) is 4.23. The van der Waals surface area contributed by atoms with Crippen LogP contribution in [0, 0.1) is 5.92 Å². The van der Waals surface area contributed by atoms with Crippen LogP contribution in [0.4, 0.5) is 0 Å². The Morgan fingerprint density at radius 3 is 2.60 bits per heavy atom. The predicted molar refractivity (Wildman–Crippen MR) is 97.5 cm³/mol. The summed E-state index contributed by atoms with van der Waals surface area (Å²) in [5, 5.41) is 4.23. The lowest BCUT2D eigenvalue weighted by Gasteiger charge is -2.31. The quantitative estimate of drug-likeness (QED) is 0.714. The van der Waals surface area contributed by atoms with E-state index < -0.39 is 0 Å². The molecule has 128 valence electrons. The van der Waals surface area contributed by atoms with Gasteiger partial charge in [0.05, 0.1) is 11.7 Å². The van der Waals surface area contributed by atoms with Crippen LogP contribution < -0.4 is 0 Å². The maximum atomic E-state index is 13.1. The minimum absolute atomic E-state index is 0.0171. The van der Waals surface area contributed by atoms with Gasteiger partial charge in [-0.2, -0.15) is 5.10 Å². The van der Waals surface area contributed by atoms with E-state index in [-0.39, 0.29) is 17.9 Å². The minimum atomic E-state index is -0.0328. The molecule has 5 heteroatoms. The number of hydrogen-bond donors (Lipinski definition) is 0. The summed E-state index contributed by atoms with van der Waals surface area (Å²) in [5.41, 5.74) is 2.55. The van der Waals surface area contributed by atoms with Gasteiger partial charge in [0.15, 0.2) is 0 Å². The molecule has 0 aliphatic rings. The van der Waals surface area contributed by atoms with Gasteiger partial charge < -0.3 is 4.90 Å². The molecule has 3 aromatic rings. The van der Waals surface area contributed by atoms with Crippen LogP contribution in [0.1, 0.15) is 35.8 Å². The minimum Gasteiger partial charge on any atom is -0.334 e. The molecule has 1 aromatic carbocycles. The van der Waals surface area contributed by atoms with Crippen molar-refractivity contribution in [1.82, 2.24) is 19.7 Å². The van der Waals surface area contributed by atoms with Crippen molar-refractivity contribution in [3.8, 4) is 5.69 Å². The van der Waals surface area contributed by atoms with Crippen molar-refractivity contribution in [3.63, 3.8) is 0 Å². The Morgan fingerprint density at radius 1 is 1.12 bits per heavy atom. The molecule has 0 N–H and O–H groups in total. The molecule has 0 saturated carbocycles. The van der Waals surface area contributed by atoms with Gasteiger partial charge in [-0.05, 0) is 41.8 Å². The molecule has 0 aliphatic heterocycles. The van der Waals surface area contributed by atoms with E-state index in [9.17, 15) is 4.79 Å². The molecule has 2 heterocycles. The number of amides is 1. The standard InChI is InChI=1S/C20H22N4O/c1-15(2)19(17-8-5-10-21-14-17)23(3)20(25)16-7-4-9-18(13-16)24-12-6-11-22-24/h4-15,19H,1-3H3/t19-/m1/s1. The van der Waals surface area contributed by atoms with E-state index in [1.165, 1.54) is 0 Å². The van der Waals surface area contributed by atoms with Crippen LogP contribution in [0.25, 0.3) is 5.69 Å². The predicted octanol–water partition coefficient (Wildman–Crippen LogP) is 3.74. The molecule has 25 heavy (non-hydrogen) atoms. The second-order valence-corrected chi connectivity index (χ2v) is 6.39. The first kappa shape index (κ1) is 16.9. The number of hydrogen-bond acceptors (Lipinski definition) is 3. The molecule has 0 unspecified atom stereocenters. The zero-order valence-corrected chi connectivity index (χ0v) is 14.7. The van der Waals surface area contributed by atoms with Gasteiger partial charge in [-0.25, -0.2) is 4.68 Å². The van der Waals surface area contributed by atoms with Crippen LogP contribution in [0.5, 0.6) is 0 Å². The van der Waals surface area contributed by atoms with Crippen LogP contribution in [-0.2, 0) is 0 Å². The highest BCUT2D eigenvalue weighted by molar-refractivity contribution is 5.94.